The number of benzene rings is 2. The van der Waals surface area contributed by atoms with Crippen LogP contribution in [0.4, 0.5) is 0 Å². The Labute approximate surface area is 171 Å². The molecule has 3 aromatic rings. The largest absolute Gasteiger partial charge is 0.350 e. The van der Waals surface area contributed by atoms with E-state index in [-0.39, 0.29) is 24.0 Å². The Kier molecular flexibility index (Phi) is 6.37. The SMILES string of the molecule is Cc1ccc(Cn2nc(C3CCCNC3)n(-c3ccccc3)c2=O)cc1C.Cl. The molecule has 0 aliphatic carbocycles. The molecule has 0 bridgehead atoms. The summed E-state index contributed by atoms with van der Waals surface area (Å²) >= 11 is 0. The number of nitrogens with zero attached hydrogens (tertiary/aromatic N) is 3. The van der Waals surface area contributed by atoms with Crippen LogP contribution in [-0.4, -0.2) is 27.4 Å². The number of aromatic nitrogens is 3. The van der Waals surface area contributed by atoms with Gasteiger partial charge < -0.3 is 5.32 Å². The van der Waals surface area contributed by atoms with Crippen molar-refractivity contribution in [2.24, 2.45) is 0 Å². The highest BCUT2D eigenvalue weighted by Gasteiger charge is 2.24. The van der Waals surface area contributed by atoms with E-state index in [9.17, 15) is 4.79 Å². The molecular weight excluding hydrogens is 372 g/mol. The average molecular weight is 399 g/mol. The maximum atomic E-state index is 13.2. The lowest BCUT2D eigenvalue weighted by atomic mass is 9.99. The molecule has 1 unspecified atom stereocenters. The molecule has 1 aliphatic heterocycles. The highest BCUT2D eigenvalue weighted by Crippen LogP contribution is 2.23. The second kappa shape index (κ2) is 8.76. The standard InChI is InChI=1S/C22H26N4O.ClH/c1-16-10-11-18(13-17(16)2)15-25-22(27)26(20-8-4-3-5-9-20)21(24-25)19-7-6-12-23-14-19;/h3-5,8-11,13,19,23H,6-7,12,14-15H2,1-2H3;1H. The first-order chi connectivity index (χ1) is 13.1. The maximum absolute atomic E-state index is 13.2. The van der Waals surface area contributed by atoms with Crippen LogP contribution in [0.25, 0.3) is 5.69 Å². The van der Waals surface area contributed by atoms with Crippen LogP contribution < -0.4 is 11.0 Å². The van der Waals surface area contributed by atoms with Gasteiger partial charge in [0.05, 0.1) is 12.2 Å². The van der Waals surface area contributed by atoms with Crippen LogP contribution in [0.2, 0.25) is 0 Å². The Balaban J connectivity index is 0.00000225. The zero-order valence-corrected chi connectivity index (χ0v) is 17.2. The Hall–Kier alpha value is -2.37. The van der Waals surface area contributed by atoms with E-state index in [0.717, 1.165) is 43.0 Å². The lowest BCUT2D eigenvalue weighted by molar-refractivity contribution is 0.439. The fourth-order valence-corrected chi connectivity index (χ4v) is 3.76. The van der Waals surface area contributed by atoms with Crippen molar-refractivity contribution in [2.45, 2.75) is 39.2 Å². The summed E-state index contributed by atoms with van der Waals surface area (Å²) in [6.07, 6.45) is 2.16. The topological polar surface area (TPSA) is 51.9 Å². The number of para-hydroxylation sites is 1. The van der Waals surface area contributed by atoms with Gasteiger partial charge in [-0.2, -0.15) is 5.10 Å². The first kappa shape index (κ1) is 20.4. The number of halogens is 1. The molecule has 148 valence electrons. The van der Waals surface area contributed by atoms with E-state index in [1.54, 1.807) is 9.25 Å². The molecule has 1 aliphatic rings. The van der Waals surface area contributed by atoms with Gasteiger partial charge in [0, 0.05) is 12.5 Å². The van der Waals surface area contributed by atoms with E-state index in [2.05, 4.69) is 37.4 Å². The van der Waals surface area contributed by atoms with Crippen LogP contribution in [0.1, 0.15) is 41.3 Å². The van der Waals surface area contributed by atoms with Gasteiger partial charge in [-0.3, -0.25) is 0 Å². The molecule has 0 spiro atoms. The molecule has 0 saturated carbocycles. The quantitative estimate of drug-likeness (QED) is 0.730. The molecule has 2 heterocycles. The fraction of sp³-hybridized carbons (Fsp3) is 0.364. The number of hydrogen-bond acceptors (Lipinski definition) is 3. The summed E-state index contributed by atoms with van der Waals surface area (Å²) in [6, 6.07) is 16.2. The van der Waals surface area contributed by atoms with Crippen LogP contribution in [0, 0.1) is 13.8 Å². The van der Waals surface area contributed by atoms with Gasteiger partial charge in [0.15, 0.2) is 0 Å². The average Bonchev–Trinajstić information content (AvgIpc) is 3.02. The minimum Gasteiger partial charge on any atom is -0.316 e. The van der Waals surface area contributed by atoms with Crippen LogP contribution in [0.3, 0.4) is 0 Å². The van der Waals surface area contributed by atoms with E-state index < -0.39 is 0 Å². The molecular formula is C22H27ClN4O. The number of rotatable bonds is 4. The lowest BCUT2D eigenvalue weighted by Crippen LogP contribution is -2.31. The van der Waals surface area contributed by atoms with Gasteiger partial charge in [-0.15, -0.1) is 12.4 Å². The van der Waals surface area contributed by atoms with E-state index in [0.29, 0.717) is 6.54 Å². The zero-order chi connectivity index (χ0) is 18.8. The third kappa shape index (κ3) is 4.05. The van der Waals surface area contributed by atoms with Crippen LogP contribution in [0.15, 0.2) is 53.3 Å². The first-order valence-corrected chi connectivity index (χ1v) is 9.65. The second-order valence-corrected chi connectivity index (χ2v) is 7.43. The van der Waals surface area contributed by atoms with Gasteiger partial charge in [0.2, 0.25) is 0 Å². The van der Waals surface area contributed by atoms with Gasteiger partial charge in [0.25, 0.3) is 0 Å². The summed E-state index contributed by atoms with van der Waals surface area (Å²) < 4.78 is 3.40. The summed E-state index contributed by atoms with van der Waals surface area (Å²) in [5, 5.41) is 8.22. The highest BCUT2D eigenvalue weighted by molar-refractivity contribution is 5.85. The molecule has 1 fully saturated rings. The Morgan fingerprint density at radius 3 is 2.57 bits per heavy atom. The molecule has 4 rings (SSSR count). The van der Waals surface area contributed by atoms with Gasteiger partial charge in [0.1, 0.15) is 5.82 Å². The number of hydrogen-bond donors (Lipinski definition) is 1. The van der Waals surface area contributed by atoms with Crippen molar-refractivity contribution >= 4 is 12.4 Å². The van der Waals surface area contributed by atoms with E-state index in [1.165, 1.54) is 11.1 Å². The molecule has 0 amide bonds. The molecule has 1 aromatic heterocycles. The van der Waals surface area contributed by atoms with Crippen LogP contribution in [-0.2, 0) is 6.54 Å². The van der Waals surface area contributed by atoms with Gasteiger partial charge in [-0.1, -0.05) is 36.4 Å². The molecule has 1 saturated heterocycles. The molecule has 0 radical (unpaired) electrons. The van der Waals surface area contributed by atoms with Crippen LogP contribution >= 0.6 is 12.4 Å². The van der Waals surface area contributed by atoms with Crippen LogP contribution in [0.5, 0.6) is 0 Å². The van der Waals surface area contributed by atoms with E-state index >= 15 is 0 Å². The zero-order valence-electron chi connectivity index (χ0n) is 16.4. The number of nitrogens with one attached hydrogen (secondary N) is 1. The third-order valence-electron chi connectivity index (χ3n) is 5.44. The smallest absolute Gasteiger partial charge is 0.316 e. The minimum absolute atomic E-state index is 0. The van der Waals surface area contributed by atoms with Gasteiger partial charge in [-0.05, 0) is 62.1 Å². The summed E-state index contributed by atoms with van der Waals surface area (Å²) in [5.74, 6) is 1.12. The lowest BCUT2D eigenvalue weighted by Gasteiger charge is -2.22. The number of aryl methyl sites for hydroxylation is 2. The molecule has 28 heavy (non-hydrogen) atoms. The predicted octanol–water partition coefficient (Wildman–Crippen LogP) is 3.59. The van der Waals surface area contributed by atoms with Gasteiger partial charge in [-0.25, -0.2) is 14.0 Å². The maximum Gasteiger partial charge on any atom is 0.350 e. The van der Waals surface area contributed by atoms with E-state index in [1.807, 2.05) is 30.3 Å². The molecule has 2 aromatic carbocycles. The molecule has 6 heteroatoms. The summed E-state index contributed by atoms with van der Waals surface area (Å²) in [4.78, 5) is 13.2. The van der Waals surface area contributed by atoms with Crippen molar-refractivity contribution in [3.05, 3.63) is 81.5 Å². The van der Waals surface area contributed by atoms with Gasteiger partial charge >= 0.3 is 5.69 Å². The summed E-state index contributed by atoms with van der Waals surface area (Å²) in [5.41, 5.74) is 4.41. The summed E-state index contributed by atoms with van der Waals surface area (Å²) in [6.45, 7) is 6.60. The second-order valence-electron chi connectivity index (χ2n) is 7.43. The van der Waals surface area contributed by atoms with Crippen molar-refractivity contribution in [1.29, 1.82) is 0 Å². The highest BCUT2D eigenvalue weighted by atomic mass is 35.5. The monoisotopic (exact) mass is 398 g/mol. The van der Waals surface area contributed by atoms with Crippen molar-refractivity contribution in [1.82, 2.24) is 19.7 Å². The van der Waals surface area contributed by atoms with Crippen molar-refractivity contribution in [3.63, 3.8) is 0 Å². The Morgan fingerprint density at radius 2 is 1.89 bits per heavy atom. The van der Waals surface area contributed by atoms with Crippen molar-refractivity contribution < 1.29 is 0 Å². The van der Waals surface area contributed by atoms with Crippen molar-refractivity contribution in [2.75, 3.05) is 13.1 Å². The molecule has 5 nitrogen and oxygen atoms in total. The molecule has 1 atom stereocenters. The fourth-order valence-electron chi connectivity index (χ4n) is 3.76. The van der Waals surface area contributed by atoms with Crippen molar-refractivity contribution in [3.8, 4) is 5.69 Å². The number of piperidine rings is 1. The first-order valence-electron chi connectivity index (χ1n) is 9.65. The van der Waals surface area contributed by atoms with E-state index in [4.69, 9.17) is 5.10 Å². The molecule has 1 N–H and O–H groups in total. The normalized spacial score (nSPS) is 16.6. The summed E-state index contributed by atoms with van der Waals surface area (Å²) in [7, 11) is 0. The predicted molar refractivity (Wildman–Crippen MR) is 115 cm³/mol. The Bertz CT molecular complexity index is 988. The Morgan fingerprint density at radius 1 is 1.11 bits per heavy atom. The third-order valence-corrected chi connectivity index (χ3v) is 5.44. The minimum atomic E-state index is -0.0694.